The van der Waals surface area contributed by atoms with Gasteiger partial charge in [-0.3, -0.25) is 10.1 Å². The van der Waals surface area contributed by atoms with Crippen LogP contribution in [0.25, 0.3) is 0 Å². The number of ether oxygens (including phenoxy) is 1. The topological polar surface area (TPSA) is 91.2 Å². The van der Waals surface area contributed by atoms with Crippen molar-refractivity contribution in [3.05, 3.63) is 58.1 Å². The van der Waals surface area contributed by atoms with E-state index in [1.807, 2.05) is 0 Å². The maximum absolute atomic E-state index is 14.4. The molecule has 2 N–H and O–H groups in total. The lowest BCUT2D eigenvalue weighted by Gasteiger charge is -2.31. The molecule has 0 fully saturated rings. The summed E-state index contributed by atoms with van der Waals surface area (Å²) >= 11 is 0. The van der Waals surface area contributed by atoms with Gasteiger partial charge in [-0.15, -0.1) is 0 Å². The van der Waals surface area contributed by atoms with Crippen molar-refractivity contribution in [2.75, 3.05) is 17.2 Å². The van der Waals surface area contributed by atoms with E-state index in [-0.39, 0.29) is 40.2 Å². The summed E-state index contributed by atoms with van der Waals surface area (Å²) in [7, 11) is 0. The smallest absolute Gasteiger partial charge is 0.435 e. The molecule has 6 nitrogen and oxygen atoms in total. The number of nitriles is 1. The molecule has 188 valence electrons. The van der Waals surface area contributed by atoms with Gasteiger partial charge in [0.1, 0.15) is 6.07 Å². The van der Waals surface area contributed by atoms with E-state index in [2.05, 4.69) is 10.6 Å². The zero-order valence-corrected chi connectivity index (χ0v) is 18.4. The van der Waals surface area contributed by atoms with Gasteiger partial charge in [0.05, 0.1) is 17.9 Å². The number of rotatable bonds is 5. The second-order valence-electron chi connectivity index (χ2n) is 7.31. The first-order chi connectivity index (χ1) is 16.1. The molecule has 2 aromatic rings. The van der Waals surface area contributed by atoms with Crippen LogP contribution in [0.2, 0.25) is 0 Å². The molecule has 0 spiro atoms. The van der Waals surface area contributed by atoms with Crippen LogP contribution in [-0.4, -0.2) is 31.0 Å². The molecule has 0 atom stereocenters. The monoisotopic (exact) mass is 505 g/mol. The van der Waals surface area contributed by atoms with Crippen molar-refractivity contribution in [2.45, 2.75) is 38.8 Å². The molecule has 0 aliphatic rings. The van der Waals surface area contributed by atoms with Gasteiger partial charge in [0.25, 0.3) is 5.91 Å². The Morgan fingerprint density at radius 2 is 1.49 bits per heavy atom. The van der Waals surface area contributed by atoms with E-state index in [0.29, 0.717) is 12.1 Å². The van der Waals surface area contributed by atoms with E-state index in [1.54, 1.807) is 13.0 Å². The number of nitrogens with one attached hydrogen (secondary N) is 2. The second kappa shape index (κ2) is 9.81. The van der Waals surface area contributed by atoms with Crippen LogP contribution in [0, 0.1) is 25.2 Å². The van der Waals surface area contributed by atoms with Gasteiger partial charge >= 0.3 is 24.1 Å². The number of anilines is 2. The zero-order chi connectivity index (χ0) is 26.8. The molecule has 0 aliphatic carbocycles. The van der Waals surface area contributed by atoms with E-state index in [0.717, 1.165) is 19.9 Å². The molecule has 2 amide bonds. The average molecular weight is 505 g/mol. The maximum atomic E-state index is 14.4. The van der Waals surface area contributed by atoms with E-state index >= 15 is 0 Å². The van der Waals surface area contributed by atoms with Crippen molar-refractivity contribution >= 4 is 23.4 Å². The SMILES string of the molecule is CCOC(=O)Nc1cc(C(=O)Nc2c(C)cc(C(F)(C(F)(F)F)C(F)(F)F)cc2C)ccc1C#N. The molecule has 0 saturated heterocycles. The normalized spacial score (nSPS) is 12.0. The van der Waals surface area contributed by atoms with Gasteiger partial charge in [-0.05, 0) is 50.1 Å². The number of halogens is 7. The second-order valence-corrected chi connectivity index (χ2v) is 7.31. The van der Waals surface area contributed by atoms with Gasteiger partial charge in [-0.25, -0.2) is 9.18 Å². The summed E-state index contributed by atoms with van der Waals surface area (Å²) in [5, 5.41) is 13.8. The van der Waals surface area contributed by atoms with Crippen LogP contribution in [0.5, 0.6) is 0 Å². The van der Waals surface area contributed by atoms with Gasteiger partial charge in [0.15, 0.2) is 0 Å². The van der Waals surface area contributed by atoms with Gasteiger partial charge in [-0.2, -0.15) is 31.6 Å². The van der Waals surface area contributed by atoms with Crippen LogP contribution in [0.1, 0.15) is 39.5 Å². The highest BCUT2D eigenvalue weighted by Crippen LogP contribution is 2.53. The number of nitrogens with zero attached hydrogens (tertiary/aromatic N) is 1. The van der Waals surface area contributed by atoms with Crippen LogP contribution >= 0.6 is 0 Å². The van der Waals surface area contributed by atoms with E-state index < -0.39 is 35.6 Å². The molecule has 0 heterocycles. The van der Waals surface area contributed by atoms with Crippen LogP contribution in [0.4, 0.5) is 46.9 Å². The highest BCUT2D eigenvalue weighted by molar-refractivity contribution is 6.06. The molecule has 0 bridgehead atoms. The number of amides is 2. The number of benzene rings is 2. The van der Waals surface area contributed by atoms with Crippen molar-refractivity contribution in [3.63, 3.8) is 0 Å². The summed E-state index contributed by atoms with van der Waals surface area (Å²) in [5.74, 6) is -0.862. The minimum absolute atomic E-state index is 0.00935. The summed E-state index contributed by atoms with van der Waals surface area (Å²) in [5.41, 5.74) is -8.14. The van der Waals surface area contributed by atoms with Gasteiger partial charge in [0.2, 0.25) is 0 Å². The number of carbonyl (C=O) groups is 2. The standard InChI is InChI=1S/C22H18F7N3O3/c1-4-35-19(34)31-16-9-13(5-6-14(16)10-30)18(33)32-17-11(2)7-15(8-12(17)3)20(23,21(24,25)26)22(27,28)29/h5-9H,4H2,1-3H3,(H,31,34)(H,32,33). The summed E-state index contributed by atoms with van der Waals surface area (Å²) in [4.78, 5) is 24.4. The Hall–Kier alpha value is -3.82. The third-order valence-corrected chi connectivity index (χ3v) is 4.86. The van der Waals surface area contributed by atoms with E-state index in [9.17, 15) is 45.6 Å². The van der Waals surface area contributed by atoms with E-state index in [1.165, 1.54) is 12.1 Å². The van der Waals surface area contributed by atoms with Gasteiger partial charge in [-0.1, -0.05) is 12.1 Å². The Bertz CT molecular complexity index is 1150. The number of aryl methyl sites for hydroxylation is 2. The van der Waals surface area contributed by atoms with Crippen LogP contribution in [-0.2, 0) is 10.4 Å². The number of alkyl halides is 7. The summed E-state index contributed by atoms with van der Waals surface area (Å²) < 4.78 is 97.7. The predicted molar refractivity (Wildman–Crippen MR) is 111 cm³/mol. The lowest BCUT2D eigenvalue weighted by atomic mass is 9.90. The summed E-state index contributed by atoms with van der Waals surface area (Å²) in [6.07, 6.45) is -13.5. The summed E-state index contributed by atoms with van der Waals surface area (Å²) in [6.45, 7) is 3.78. The third kappa shape index (κ3) is 5.47. The van der Waals surface area contributed by atoms with E-state index in [4.69, 9.17) is 4.74 Å². The predicted octanol–water partition coefficient (Wildman–Crippen LogP) is 6.29. The molecule has 2 aromatic carbocycles. The Balaban J connectivity index is 2.44. The molecule has 0 saturated carbocycles. The molecule has 0 unspecified atom stereocenters. The molecule has 35 heavy (non-hydrogen) atoms. The van der Waals surface area contributed by atoms with Crippen molar-refractivity contribution < 1.29 is 45.1 Å². The zero-order valence-electron chi connectivity index (χ0n) is 18.4. The van der Waals surface area contributed by atoms with Gasteiger partial charge < -0.3 is 10.1 Å². The van der Waals surface area contributed by atoms with Crippen LogP contribution < -0.4 is 10.6 Å². The molecular formula is C22H18F7N3O3. The molecule has 13 heteroatoms. The number of hydrogen-bond donors (Lipinski definition) is 2. The molecule has 0 radical (unpaired) electrons. The first-order valence-corrected chi connectivity index (χ1v) is 9.80. The van der Waals surface area contributed by atoms with Crippen molar-refractivity contribution in [1.29, 1.82) is 5.26 Å². The molecule has 0 aromatic heterocycles. The molecular weight excluding hydrogens is 487 g/mol. The Labute approximate surface area is 194 Å². The molecule has 2 rings (SSSR count). The highest BCUT2D eigenvalue weighted by atomic mass is 19.4. The third-order valence-electron chi connectivity index (χ3n) is 4.86. The first kappa shape index (κ1) is 27.4. The van der Waals surface area contributed by atoms with Gasteiger partial charge in [0, 0.05) is 16.8 Å². The largest absolute Gasteiger partial charge is 0.450 e. The fourth-order valence-corrected chi connectivity index (χ4v) is 3.20. The lowest BCUT2D eigenvalue weighted by Crippen LogP contribution is -2.50. The fraction of sp³-hybridized carbons (Fsp3) is 0.318. The summed E-state index contributed by atoms with van der Waals surface area (Å²) in [6, 6.07) is 6.07. The van der Waals surface area contributed by atoms with Crippen LogP contribution in [0.15, 0.2) is 30.3 Å². The number of hydrogen-bond acceptors (Lipinski definition) is 4. The maximum Gasteiger partial charge on any atom is 0.435 e. The Morgan fingerprint density at radius 3 is 1.94 bits per heavy atom. The molecule has 0 aliphatic heterocycles. The highest BCUT2D eigenvalue weighted by Gasteiger charge is 2.73. The van der Waals surface area contributed by atoms with Crippen LogP contribution in [0.3, 0.4) is 0 Å². The Kier molecular flexibility index (Phi) is 7.69. The minimum atomic E-state index is -6.28. The minimum Gasteiger partial charge on any atom is -0.450 e. The number of carbonyl (C=O) groups excluding carboxylic acids is 2. The quantitative estimate of drug-likeness (QED) is 0.468. The van der Waals surface area contributed by atoms with Crippen molar-refractivity contribution in [3.8, 4) is 6.07 Å². The first-order valence-electron chi connectivity index (χ1n) is 9.80. The Morgan fingerprint density at radius 1 is 0.943 bits per heavy atom. The van der Waals surface area contributed by atoms with Crippen molar-refractivity contribution in [2.24, 2.45) is 0 Å². The lowest BCUT2D eigenvalue weighted by molar-refractivity contribution is -0.348. The average Bonchev–Trinajstić information content (AvgIpc) is 2.73. The fourth-order valence-electron chi connectivity index (χ4n) is 3.20. The van der Waals surface area contributed by atoms with Crippen molar-refractivity contribution in [1.82, 2.24) is 0 Å².